The topological polar surface area (TPSA) is 74.6 Å². The Hall–Kier alpha value is -3.40. The van der Waals surface area contributed by atoms with Crippen molar-refractivity contribution in [2.24, 2.45) is 0 Å². The largest absolute Gasteiger partial charge is 0.507 e. The predicted molar refractivity (Wildman–Crippen MR) is 99.0 cm³/mol. The van der Waals surface area contributed by atoms with Gasteiger partial charge in [0.25, 0.3) is 0 Å². The number of carbonyl (C=O) groups is 2. The molecule has 0 saturated carbocycles. The maximum atomic E-state index is 12.7. The Labute approximate surface area is 151 Å². The van der Waals surface area contributed by atoms with E-state index >= 15 is 0 Å². The Morgan fingerprint density at radius 1 is 0.615 bits per heavy atom. The van der Waals surface area contributed by atoms with Crippen LogP contribution in [0.2, 0.25) is 0 Å². The second-order valence-corrected chi connectivity index (χ2v) is 6.28. The molecule has 3 rings (SSSR count). The van der Waals surface area contributed by atoms with Crippen molar-refractivity contribution in [2.75, 3.05) is 0 Å². The van der Waals surface area contributed by atoms with Crippen LogP contribution < -0.4 is 0 Å². The lowest BCUT2D eigenvalue weighted by Gasteiger charge is -2.10. The maximum Gasteiger partial charge on any atom is 0.196 e. The molecule has 0 radical (unpaired) electrons. The smallest absolute Gasteiger partial charge is 0.196 e. The molecule has 4 heteroatoms. The third-order valence-corrected chi connectivity index (χ3v) is 4.23. The van der Waals surface area contributed by atoms with Crippen molar-refractivity contribution in [3.05, 3.63) is 94.0 Å². The molecule has 0 spiro atoms. The van der Waals surface area contributed by atoms with Crippen molar-refractivity contribution in [2.45, 2.75) is 13.8 Å². The van der Waals surface area contributed by atoms with Gasteiger partial charge in [-0.3, -0.25) is 9.59 Å². The first kappa shape index (κ1) is 17.4. The first-order valence-electron chi connectivity index (χ1n) is 8.15. The number of phenols is 2. The molecule has 3 aromatic rings. The van der Waals surface area contributed by atoms with Gasteiger partial charge >= 0.3 is 0 Å². The van der Waals surface area contributed by atoms with E-state index in [0.29, 0.717) is 11.1 Å². The molecule has 130 valence electrons. The summed E-state index contributed by atoms with van der Waals surface area (Å²) in [6.07, 6.45) is 0. The molecular formula is C22H18O4. The van der Waals surface area contributed by atoms with Gasteiger partial charge in [-0.15, -0.1) is 0 Å². The number of aromatic hydroxyl groups is 2. The van der Waals surface area contributed by atoms with E-state index in [1.807, 2.05) is 13.8 Å². The third-order valence-electron chi connectivity index (χ3n) is 4.23. The number of aryl methyl sites for hydroxylation is 2. The van der Waals surface area contributed by atoms with Crippen LogP contribution in [0, 0.1) is 13.8 Å². The Balaban J connectivity index is 2.04. The Morgan fingerprint density at radius 3 is 1.31 bits per heavy atom. The molecule has 2 N–H and O–H groups in total. The predicted octanol–water partition coefficient (Wildman–Crippen LogP) is 4.18. The van der Waals surface area contributed by atoms with Crippen molar-refractivity contribution in [1.29, 1.82) is 0 Å². The van der Waals surface area contributed by atoms with E-state index in [9.17, 15) is 19.8 Å². The summed E-state index contributed by atoms with van der Waals surface area (Å²) in [6.45, 7) is 3.81. The zero-order valence-electron chi connectivity index (χ0n) is 14.5. The minimum absolute atomic E-state index is 0.0258. The van der Waals surface area contributed by atoms with Crippen LogP contribution >= 0.6 is 0 Å². The van der Waals surface area contributed by atoms with E-state index in [2.05, 4.69) is 0 Å². The molecule has 0 aliphatic carbocycles. The van der Waals surface area contributed by atoms with Crippen molar-refractivity contribution >= 4 is 11.6 Å². The van der Waals surface area contributed by atoms with Gasteiger partial charge < -0.3 is 10.2 Å². The molecule has 0 saturated heterocycles. The summed E-state index contributed by atoms with van der Waals surface area (Å²) < 4.78 is 0. The number of ketones is 2. The standard InChI is InChI=1S/C22H18O4/c1-13-3-7-15(8-4-13)21(25)17-11-18(20(24)12-19(17)23)22(26)16-9-5-14(2)6-10-16/h3-12,23-24H,1-2H3. The number of carbonyl (C=O) groups excluding carboxylic acids is 2. The van der Waals surface area contributed by atoms with Crippen LogP contribution in [-0.2, 0) is 0 Å². The fourth-order valence-corrected chi connectivity index (χ4v) is 2.66. The number of phenolic OH excluding ortho intramolecular Hbond substituents is 2. The van der Waals surface area contributed by atoms with E-state index in [-0.39, 0.29) is 22.6 Å². The molecular weight excluding hydrogens is 328 g/mol. The van der Waals surface area contributed by atoms with Crippen LogP contribution in [0.25, 0.3) is 0 Å². The second-order valence-electron chi connectivity index (χ2n) is 6.28. The fourth-order valence-electron chi connectivity index (χ4n) is 2.66. The van der Waals surface area contributed by atoms with Gasteiger partial charge in [-0.25, -0.2) is 0 Å². The number of benzene rings is 3. The van der Waals surface area contributed by atoms with Gasteiger partial charge in [0.15, 0.2) is 11.6 Å². The highest BCUT2D eigenvalue weighted by molar-refractivity contribution is 6.15. The molecule has 0 amide bonds. The summed E-state index contributed by atoms with van der Waals surface area (Å²) in [5.41, 5.74) is 2.75. The van der Waals surface area contributed by atoms with Gasteiger partial charge in [-0.05, 0) is 19.9 Å². The third kappa shape index (κ3) is 3.35. The minimum Gasteiger partial charge on any atom is -0.507 e. The van der Waals surface area contributed by atoms with Crippen LogP contribution in [0.15, 0.2) is 60.7 Å². The summed E-state index contributed by atoms with van der Waals surface area (Å²) in [5.74, 6) is -1.57. The first-order chi connectivity index (χ1) is 12.4. The molecule has 0 bridgehead atoms. The van der Waals surface area contributed by atoms with Crippen LogP contribution in [0.1, 0.15) is 43.0 Å². The first-order valence-corrected chi connectivity index (χ1v) is 8.15. The molecule has 0 aliphatic rings. The number of hydrogen-bond donors (Lipinski definition) is 2. The molecule has 0 aromatic heterocycles. The summed E-state index contributed by atoms with van der Waals surface area (Å²) in [7, 11) is 0. The minimum atomic E-state index is -0.416. The number of rotatable bonds is 4. The molecule has 4 nitrogen and oxygen atoms in total. The summed E-state index contributed by atoms with van der Waals surface area (Å²) in [6, 6.07) is 16.1. The molecule has 0 aliphatic heterocycles. The number of hydrogen-bond acceptors (Lipinski definition) is 4. The molecule has 26 heavy (non-hydrogen) atoms. The van der Waals surface area contributed by atoms with Gasteiger partial charge in [0.05, 0.1) is 11.1 Å². The van der Waals surface area contributed by atoms with E-state index in [0.717, 1.165) is 17.2 Å². The van der Waals surface area contributed by atoms with Crippen molar-refractivity contribution in [1.82, 2.24) is 0 Å². The quantitative estimate of drug-likeness (QED) is 0.695. The van der Waals surface area contributed by atoms with Gasteiger partial charge in [0, 0.05) is 17.2 Å². The summed E-state index contributed by atoms with van der Waals surface area (Å²) >= 11 is 0. The summed E-state index contributed by atoms with van der Waals surface area (Å²) in [5, 5.41) is 20.2. The average molecular weight is 346 g/mol. The maximum absolute atomic E-state index is 12.7. The summed E-state index contributed by atoms with van der Waals surface area (Å²) in [4.78, 5) is 25.4. The second kappa shape index (κ2) is 6.84. The van der Waals surface area contributed by atoms with E-state index in [1.54, 1.807) is 48.5 Å². The van der Waals surface area contributed by atoms with Crippen molar-refractivity contribution < 1.29 is 19.8 Å². The normalized spacial score (nSPS) is 10.5. The lowest BCUT2D eigenvalue weighted by Crippen LogP contribution is -2.07. The highest BCUT2D eigenvalue weighted by atomic mass is 16.3. The lowest BCUT2D eigenvalue weighted by atomic mass is 9.95. The van der Waals surface area contributed by atoms with Crippen LogP contribution in [0.5, 0.6) is 11.5 Å². The lowest BCUT2D eigenvalue weighted by molar-refractivity contribution is 0.103. The van der Waals surface area contributed by atoms with E-state index < -0.39 is 11.6 Å². The Bertz CT molecular complexity index is 905. The SMILES string of the molecule is Cc1ccc(C(=O)c2cc(C(=O)c3ccc(C)cc3)c(O)cc2O)cc1. The van der Waals surface area contributed by atoms with Gasteiger partial charge in [0.2, 0.25) is 0 Å². The molecule has 0 heterocycles. The average Bonchev–Trinajstić information content (AvgIpc) is 2.62. The highest BCUT2D eigenvalue weighted by Gasteiger charge is 2.21. The fraction of sp³-hybridized carbons (Fsp3) is 0.0909. The van der Waals surface area contributed by atoms with Crippen LogP contribution in [0.4, 0.5) is 0 Å². The molecule has 0 fully saturated rings. The van der Waals surface area contributed by atoms with Gasteiger partial charge in [-0.1, -0.05) is 59.7 Å². The van der Waals surface area contributed by atoms with Crippen molar-refractivity contribution in [3.8, 4) is 11.5 Å². The van der Waals surface area contributed by atoms with Crippen LogP contribution in [0.3, 0.4) is 0 Å². The molecule has 0 atom stereocenters. The Kier molecular flexibility index (Phi) is 4.59. The monoisotopic (exact) mass is 346 g/mol. The Morgan fingerprint density at radius 2 is 0.962 bits per heavy atom. The van der Waals surface area contributed by atoms with E-state index in [4.69, 9.17) is 0 Å². The zero-order valence-corrected chi connectivity index (χ0v) is 14.5. The van der Waals surface area contributed by atoms with E-state index in [1.165, 1.54) is 6.07 Å². The van der Waals surface area contributed by atoms with Gasteiger partial charge in [0.1, 0.15) is 11.5 Å². The molecule has 0 unspecified atom stereocenters. The van der Waals surface area contributed by atoms with Gasteiger partial charge in [-0.2, -0.15) is 0 Å². The van der Waals surface area contributed by atoms with Crippen molar-refractivity contribution in [3.63, 3.8) is 0 Å². The highest BCUT2D eigenvalue weighted by Crippen LogP contribution is 2.31. The molecule has 3 aromatic carbocycles. The zero-order chi connectivity index (χ0) is 18.8. The van der Waals surface area contributed by atoms with Crippen LogP contribution in [-0.4, -0.2) is 21.8 Å².